The lowest BCUT2D eigenvalue weighted by molar-refractivity contribution is -0.142. The van der Waals surface area contributed by atoms with Gasteiger partial charge in [-0.25, -0.2) is 13.1 Å². The van der Waals surface area contributed by atoms with E-state index in [1.54, 1.807) is 15.9 Å². The van der Waals surface area contributed by atoms with Gasteiger partial charge in [0.15, 0.2) is 0 Å². The number of amides is 2. The number of nitrogens with zero attached hydrogens (tertiary/aromatic N) is 2. The highest BCUT2D eigenvalue weighted by atomic mass is 32.2. The van der Waals surface area contributed by atoms with Gasteiger partial charge in [0.2, 0.25) is 10.0 Å². The SMILES string of the molecule is COc1ccc(C(=O)N2CCN(C(=O)C3CCCO3)CC2)cc1S(=O)(=O)NC1CCCC1. The Balaban J connectivity index is 1.44. The molecule has 2 saturated heterocycles. The minimum Gasteiger partial charge on any atom is -0.495 e. The molecule has 2 amide bonds. The fourth-order valence-electron chi connectivity index (χ4n) is 4.63. The average molecular weight is 466 g/mol. The van der Waals surface area contributed by atoms with Crippen LogP contribution in [0, 0.1) is 0 Å². The summed E-state index contributed by atoms with van der Waals surface area (Å²) in [6.07, 6.45) is 4.92. The number of benzene rings is 1. The van der Waals surface area contributed by atoms with E-state index in [-0.39, 0.29) is 40.2 Å². The van der Waals surface area contributed by atoms with Crippen molar-refractivity contribution in [2.75, 3.05) is 39.9 Å². The number of methoxy groups -OCH3 is 1. The Bertz CT molecular complexity index is 946. The molecule has 1 N–H and O–H groups in total. The molecule has 10 heteroatoms. The number of ether oxygens (including phenoxy) is 2. The fourth-order valence-corrected chi connectivity index (χ4v) is 6.13. The standard InChI is InChI=1S/C22H31N3O6S/c1-30-18-9-8-16(15-20(18)32(28,29)23-17-5-2-3-6-17)21(26)24-10-12-25(13-11-24)22(27)19-7-4-14-31-19/h8-9,15,17,19,23H,2-7,10-14H2,1H3. The number of sulfonamides is 1. The first-order chi connectivity index (χ1) is 15.4. The highest BCUT2D eigenvalue weighted by Gasteiger charge is 2.32. The molecular formula is C22H31N3O6S. The minimum absolute atomic E-state index is 0.00888. The summed E-state index contributed by atoms with van der Waals surface area (Å²) >= 11 is 0. The van der Waals surface area contributed by atoms with Crippen molar-refractivity contribution in [1.82, 2.24) is 14.5 Å². The molecule has 9 nitrogen and oxygen atoms in total. The maximum absolute atomic E-state index is 13.1. The third-order valence-electron chi connectivity index (χ3n) is 6.46. The summed E-state index contributed by atoms with van der Waals surface area (Å²) in [6.45, 7) is 2.29. The summed E-state index contributed by atoms with van der Waals surface area (Å²) < 4.78 is 39.5. The minimum atomic E-state index is -3.82. The predicted molar refractivity (Wildman–Crippen MR) is 117 cm³/mol. The molecule has 1 unspecified atom stereocenters. The Labute approximate surface area is 189 Å². The van der Waals surface area contributed by atoms with Crippen LogP contribution in [0.15, 0.2) is 23.1 Å². The van der Waals surface area contributed by atoms with Crippen LogP contribution in [-0.2, 0) is 19.6 Å². The van der Waals surface area contributed by atoms with Gasteiger partial charge in [-0.3, -0.25) is 9.59 Å². The Kier molecular flexibility index (Phi) is 7.02. The predicted octanol–water partition coefficient (Wildman–Crippen LogP) is 1.38. The molecule has 1 atom stereocenters. The molecule has 3 fully saturated rings. The lowest BCUT2D eigenvalue weighted by Gasteiger charge is -2.35. The highest BCUT2D eigenvalue weighted by molar-refractivity contribution is 7.89. The van der Waals surface area contributed by atoms with E-state index in [0.717, 1.165) is 38.5 Å². The van der Waals surface area contributed by atoms with Crippen LogP contribution in [0.1, 0.15) is 48.9 Å². The topological polar surface area (TPSA) is 105 Å². The first-order valence-corrected chi connectivity index (χ1v) is 12.8. The van der Waals surface area contributed by atoms with E-state index >= 15 is 0 Å². The van der Waals surface area contributed by atoms with Gasteiger partial charge in [0.1, 0.15) is 16.7 Å². The second kappa shape index (κ2) is 9.76. The number of carbonyl (C=O) groups excluding carboxylic acids is 2. The Morgan fingerprint density at radius 1 is 1.03 bits per heavy atom. The van der Waals surface area contributed by atoms with Gasteiger partial charge < -0.3 is 19.3 Å². The summed E-state index contributed by atoms with van der Waals surface area (Å²) in [7, 11) is -2.40. The molecule has 2 aliphatic heterocycles. The fraction of sp³-hybridized carbons (Fsp3) is 0.636. The zero-order chi connectivity index (χ0) is 22.7. The van der Waals surface area contributed by atoms with Gasteiger partial charge in [-0.15, -0.1) is 0 Å². The van der Waals surface area contributed by atoms with Gasteiger partial charge in [-0.1, -0.05) is 12.8 Å². The zero-order valence-corrected chi connectivity index (χ0v) is 19.2. The third kappa shape index (κ3) is 4.92. The number of nitrogens with one attached hydrogen (secondary N) is 1. The van der Waals surface area contributed by atoms with Gasteiger partial charge in [-0.2, -0.15) is 0 Å². The van der Waals surface area contributed by atoms with Crippen molar-refractivity contribution in [2.45, 2.75) is 55.6 Å². The Morgan fingerprint density at radius 2 is 1.72 bits per heavy atom. The molecule has 0 radical (unpaired) electrons. The summed E-state index contributed by atoms with van der Waals surface area (Å²) in [5, 5.41) is 0. The largest absolute Gasteiger partial charge is 0.495 e. The highest BCUT2D eigenvalue weighted by Crippen LogP contribution is 2.28. The van der Waals surface area contributed by atoms with Crippen molar-refractivity contribution in [1.29, 1.82) is 0 Å². The van der Waals surface area contributed by atoms with Crippen LogP contribution in [-0.4, -0.2) is 82.1 Å². The molecular weight excluding hydrogens is 434 g/mol. The molecule has 32 heavy (non-hydrogen) atoms. The monoisotopic (exact) mass is 465 g/mol. The lowest BCUT2D eigenvalue weighted by atomic mass is 10.1. The van der Waals surface area contributed by atoms with Crippen LogP contribution in [0.25, 0.3) is 0 Å². The van der Waals surface area contributed by atoms with Gasteiger partial charge in [0.25, 0.3) is 11.8 Å². The van der Waals surface area contributed by atoms with Gasteiger partial charge in [-0.05, 0) is 43.9 Å². The van der Waals surface area contributed by atoms with Gasteiger partial charge in [0, 0.05) is 44.4 Å². The molecule has 4 rings (SSSR count). The zero-order valence-electron chi connectivity index (χ0n) is 18.4. The molecule has 1 aromatic carbocycles. The number of hydrogen-bond donors (Lipinski definition) is 1. The van der Waals surface area contributed by atoms with E-state index in [0.29, 0.717) is 32.8 Å². The summed E-state index contributed by atoms with van der Waals surface area (Å²) in [4.78, 5) is 29.0. The Morgan fingerprint density at radius 3 is 2.34 bits per heavy atom. The quantitative estimate of drug-likeness (QED) is 0.681. The molecule has 0 aromatic heterocycles. The van der Waals surface area contributed by atoms with Crippen LogP contribution in [0.4, 0.5) is 0 Å². The maximum Gasteiger partial charge on any atom is 0.254 e. The normalized spacial score (nSPS) is 22.3. The van der Waals surface area contributed by atoms with Crippen molar-refractivity contribution in [2.24, 2.45) is 0 Å². The van der Waals surface area contributed by atoms with Crippen LogP contribution in [0.2, 0.25) is 0 Å². The average Bonchev–Trinajstić information content (AvgIpc) is 3.52. The molecule has 1 saturated carbocycles. The second-order valence-corrected chi connectivity index (χ2v) is 10.3. The maximum atomic E-state index is 13.1. The second-order valence-electron chi connectivity index (χ2n) is 8.59. The van der Waals surface area contributed by atoms with Crippen LogP contribution >= 0.6 is 0 Å². The van der Waals surface area contributed by atoms with Crippen LogP contribution in [0.5, 0.6) is 5.75 Å². The van der Waals surface area contributed by atoms with Crippen molar-refractivity contribution < 1.29 is 27.5 Å². The summed E-state index contributed by atoms with van der Waals surface area (Å²) in [5.41, 5.74) is 0.288. The third-order valence-corrected chi connectivity index (χ3v) is 8.00. The molecule has 0 bridgehead atoms. The lowest BCUT2D eigenvalue weighted by Crippen LogP contribution is -2.52. The van der Waals surface area contributed by atoms with Gasteiger partial charge in [0.05, 0.1) is 7.11 Å². The van der Waals surface area contributed by atoms with Gasteiger partial charge >= 0.3 is 0 Å². The Hall–Kier alpha value is -2.17. The molecule has 0 spiro atoms. The first-order valence-electron chi connectivity index (χ1n) is 11.3. The van der Waals surface area contributed by atoms with E-state index in [9.17, 15) is 18.0 Å². The van der Waals surface area contributed by atoms with Crippen molar-refractivity contribution in [3.05, 3.63) is 23.8 Å². The summed E-state index contributed by atoms with van der Waals surface area (Å²) in [6, 6.07) is 4.41. The first kappa shape index (κ1) is 23.0. The summed E-state index contributed by atoms with van der Waals surface area (Å²) in [5.74, 6) is -0.0568. The van der Waals surface area contributed by atoms with Crippen molar-refractivity contribution >= 4 is 21.8 Å². The number of rotatable bonds is 6. The van der Waals surface area contributed by atoms with E-state index in [1.165, 1.54) is 19.2 Å². The smallest absolute Gasteiger partial charge is 0.254 e. The van der Waals surface area contributed by atoms with Crippen LogP contribution < -0.4 is 9.46 Å². The number of piperazine rings is 1. The number of hydrogen-bond acceptors (Lipinski definition) is 6. The number of carbonyl (C=O) groups is 2. The molecule has 1 aromatic rings. The molecule has 3 aliphatic rings. The molecule has 2 heterocycles. The van der Waals surface area contributed by atoms with E-state index < -0.39 is 10.0 Å². The van der Waals surface area contributed by atoms with Crippen molar-refractivity contribution in [3.8, 4) is 5.75 Å². The van der Waals surface area contributed by atoms with Crippen molar-refractivity contribution in [3.63, 3.8) is 0 Å². The molecule has 176 valence electrons. The molecule has 1 aliphatic carbocycles. The van der Waals surface area contributed by atoms with Crippen LogP contribution in [0.3, 0.4) is 0 Å². The van der Waals surface area contributed by atoms with E-state index in [2.05, 4.69) is 4.72 Å². The van der Waals surface area contributed by atoms with E-state index in [1.807, 2.05) is 0 Å². The van der Waals surface area contributed by atoms with E-state index in [4.69, 9.17) is 9.47 Å².